The maximum atomic E-state index is 9.16. The van der Waals surface area contributed by atoms with Gasteiger partial charge in [-0.15, -0.1) is 0 Å². The van der Waals surface area contributed by atoms with Gasteiger partial charge in [-0.1, -0.05) is 6.07 Å². The molecule has 5 nitrogen and oxygen atoms in total. The van der Waals surface area contributed by atoms with Crippen LogP contribution in [0.25, 0.3) is 0 Å². The Balaban J connectivity index is 2.23. The largest absolute Gasteiger partial charge is 0.497 e. The average molecular weight is 283 g/mol. The van der Waals surface area contributed by atoms with Crippen LogP contribution in [-0.4, -0.2) is 20.3 Å². The third-order valence-corrected chi connectivity index (χ3v) is 2.85. The number of hydrogen-bond donors (Lipinski definition) is 2. The number of nitriles is 1. The summed E-state index contributed by atoms with van der Waals surface area (Å²) in [5.41, 5.74) is 7.48. The number of hydrogen-bond acceptors (Lipinski definition) is 5. The molecular formula is C16H17N3O2. The Bertz CT molecular complexity index is 650. The first kappa shape index (κ1) is 14.7. The molecule has 0 aliphatic carbocycles. The van der Waals surface area contributed by atoms with E-state index in [9.17, 15) is 0 Å². The Morgan fingerprint density at radius 2 is 2.05 bits per heavy atom. The number of nitrogens with one attached hydrogen (secondary N) is 1. The van der Waals surface area contributed by atoms with Crippen LogP contribution in [0.3, 0.4) is 0 Å². The first-order valence-corrected chi connectivity index (χ1v) is 6.55. The monoisotopic (exact) mass is 283 g/mol. The zero-order valence-electron chi connectivity index (χ0n) is 11.8. The summed E-state index contributed by atoms with van der Waals surface area (Å²) >= 11 is 0. The van der Waals surface area contributed by atoms with Crippen molar-refractivity contribution in [2.45, 2.75) is 0 Å². The third kappa shape index (κ3) is 3.88. The van der Waals surface area contributed by atoms with E-state index < -0.39 is 0 Å². The van der Waals surface area contributed by atoms with Crippen LogP contribution >= 0.6 is 0 Å². The third-order valence-electron chi connectivity index (χ3n) is 2.85. The first-order chi connectivity index (χ1) is 10.3. The molecule has 0 unspecified atom stereocenters. The number of anilines is 2. The van der Waals surface area contributed by atoms with Gasteiger partial charge in [0.2, 0.25) is 0 Å². The molecule has 0 amide bonds. The molecule has 108 valence electrons. The van der Waals surface area contributed by atoms with Gasteiger partial charge in [0.1, 0.15) is 24.2 Å². The van der Waals surface area contributed by atoms with Crippen LogP contribution < -0.4 is 20.5 Å². The molecule has 21 heavy (non-hydrogen) atoms. The van der Waals surface area contributed by atoms with Gasteiger partial charge in [0, 0.05) is 24.4 Å². The smallest absolute Gasteiger partial charge is 0.121 e. The SMILES string of the molecule is COc1ccc(C#N)c(Nc2cccc(OCCN)c2)c1. The van der Waals surface area contributed by atoms with Crippen LogP contribution in [0.5, 0.6) is 11.5 Å². The van der Waals surface area contributed by atoms with Crippen molar-refractivity contribution in [1.29, 1.82) is 5.26 Å². The summed E-state index contributed by atoms with van der Waals surface area (Å²) < 4.78 is 10.7. The highest BCUT2D eigenvalue weighted by atomic mass is 16.5. The summed E-state index contributed by atoms with van der Waals surface area (Å²) in [5, 5.41) is 12.4. The summed E-state index contributed by atoms with van der Waals surface area (Å²) in [5.74, 6) is 1.42. The summed E-state index contributed by atoms with van der Waals surface area (Å²) in [6.07, 6.45) is 0. The Morgan fingerprint density at radius 1 is 1.19 bits per heavy atom. The lowest BCUT2D eigenvalue weighted by Crippen LogP contribution is -2.10. The van der Waals surface area contributed by atoms with Crippen molar-refractivity contribution in [3.05, 3.63) is 48.0 Å². The van der Waals surface area contributed by atoms with E-state index in [1.807, 2.05) is 24.3 Å². The fourth-order valence-corrected chi connectivity index (χ4v) is 1.85. The molecule has 3 N–H and O–H groups in total. The molecule has 0 radical (unpaired) electrons. The predicted molar refractivity (Wildman–Crippen MR) is 82.0 cm³/mol. The highest BCUT2D eigenvalue weighted by molar-refractivity contribution is 5.68. The fraction of sp³-hybridized carbons (Fsp3) is 0.188. The standard InChI is InChI=1S/C16H17N3O2/c1-20-14-6-5-12(11-18)16(10-14)19-13-3-2-4-15(9-13)21-8-7-17/h2-6,9-10,19H,7-8,17H2,1H3. The zero-order valence-corrected chi connectivity index (χ0v) is 11.8. The molecule has 0 atom stereocenters. The maximum Gasteiger partial charge on any atom is 0.121 e. The van der Waals surface area contributed by atoms with Gasteiger partial charge >= 0.3 is 0 Å². The lowest BCUT2D eigenvalue weighted by Gasteiger charge is -2.11. The van der Waals surface area contributed by atoms with Gasteiger partial charge in [-0.25, -0.2) is 0 Å². The minimum atomic E-state index is 0.464. The van der Waals surface area contributed by atoms with Crippen molar-refractivity contribution in [3.8, 4) is 17.6 Å². The van der Waals surface area contributed by atoms with Gasteiger partial charge in [-0.05, 0) is 24.3 Å². The second-order valence-corrected chi connectivity index (χ2v) is 4.31. The van der Waals surface area contributed by atoms with Crippen LogP contribution in [0.2, 0.25) is 0 Å². The predicted octanol–water partition coefficient (Wildman–Crippen LogP) is 2.65. The van der Waals surface area contributed by atoms with E-state index in [0.717, 1.165) is 11.4 Å². The second-order valence-electron chi connectivity index (χ2n) is 4.31. The highest BCUT2D eigenvalue weighted by Gasteiger charge is 2.05. The molecule has 0 aliphatic heterocycles. The van der Waals surface area contributed by atoms with Crippen molar-refractivity contribution in [2.24, 2.45) is 5.73 Å². The molecule has 0 heterocycles. The van der Waals surface area contributed by atoms with Gasteiger partial charge in [0.15, 0.2) is 0 Å². The molecule has 0 saturated heterocycles. The number of rotatable bonds is 6. The van der Waals surface area contributed by atoms with E-state index in [0.29, 0.717) is 30.2 Å². The molecule has 0 fully saturated rings. The fourth-order valence-electron chi connectivity index (χ4n) is 1.85. The minimum absolute atomic E-state index is 0.464. The van der Waals surface area contributed by atoms with Gasteiger partial charge in [0.25, 0.3) is 0 Å². The first-order valence-electron chi connectivity index (χ1n) is 6.55. The van der Waals surface area contributed by atoms with E-state index >= 15 is 0 Å². The maximum absolute atomic E-state index is 9.16. The van der Waals surface area contributed by atoms with Crippen molar-refractivity contribution < 1.29 is 9.47 Å². The van der Waals surface area contributed by atoms with Crippen molar-refractivity contribution in [3.63, 3.8) is 0 Å². The summed E-state index contributed by atoms with van der Waals surface area (Å²) in [7, 11) is 1.59. The molecule has 0 saturated carbocycles. The average Bonchev–Trinajstić information content (AvgIpc) is 2.53. The quantitative estimate of drug-likeness (QED) is 0.852. The molecule has 5 heteroatoms. The molecule has 2 aromatic rings. The lowest BCUT2D eigenvalue weighted by atomic mass is 10.1. The van der Waals surface area contributed by atoms with E-state index in [4.69, 9.17) is 20.5 Å². The summed E-state index contributed by atoms with van der Waals surface area (Å²) in [6.45, 7) is 0.929. The number of methoxy groups -OCH3 is 1. The molecule has 2 aromatic carbocycles. The van der Waals surface area contributed by atoms with Crippen LogP contribution in [0.15, 0.2) is 42.5 Å². The molecule has 0 spiro atoms. The van der Waals surface area contributed by atoms with Gasteiger partial charge < -0.3 is 20.5 Å². The van der Waals surface area contributed by atoms with E-state index in [1.165, 1.54) is 0 Å². The number of benzene rings is 2. The normalized spacial score (nSPS) is 9.76. The number of ether oxygens (including phenoxy) is 2. The molecule has 0 aromatic heterocycles. The molecule has 0 aliphatic rings. The van der Waals surface area contributed by atoms with Crippen LogP contribution in [0, 0.1) is 11.3 Å². The van der Waals surface area contributed by atoms with Crippen LogP contribution in [0.4, 0.5) is 11.4 Å². The summed E-state index contributed by atoms with van der Waals surface area (Å²) in [6, 6.07) is 14.9. The lowest BCUT2D eigenvalue weighted by molar-refractivity contribution is 0.328. The van der Waals surface area contributed by atoms with Crippen LogP contribution in [0.1, 0.15) is 5.56 Å². The number of nitrogens with zero attached hydrogens (tertiary/aromatic N) is 1. The Morgan fingerprint density at radius 3 is 2.76 bits per heavy atom. The van der Waals surface area contributed by atoms with Gasteiger partial charge in [-0.2, -0.15) is 5.26 Å². The Labute approximate surface area is 123 Å². The van der Waals surface area contributed by atoms with Crippen molar-refractivity contribution in [1.82, 2.24) is 0 Å². The Hall–Kier alpha value is -2.71. The van der Waals surface area contributed by atoms with Crippen molar-refractivity contribution >= 4 is 11.4 Å². The van der Waals surface area contributed by atoms with Gasteiger partial charge in [0.05, 0.1) is 18.4 Å². The molecule has 2 rings (SSSR count). The van der Waals surface area contributed by atoms with Crippen molar-refractivity contribution in [2.75, 3.05) is 25.6 Å². The van der Waals surface area contributed by atoms with E-state index in [1.54, 1.807) is 25.3 Å². The minimum Gasteiger partial charge on any atom is -0.497 e. The summed E-state index contributed by atoms with van der Waals surface area (Å²) in [4.78, 5) is 0. The molecular weight excluding hydrogens is 266 g/mol. The van der Waals surface area contributed by atoms with Crippen LogP contribution in [-0.2, 0) is 0 Å². The van der Waals surface area contributed by atoms with Gasteiger partial charge in [-0.3, -0.25) is 0 Å². The number of nitrogens with two attached hydrogens (primary N) is 1. The topological polar surface area (TPSA) is 80.3 Å². The van der Waals surface area contributed by atoms with E-state index in [2.05, 4.69) is 11.4 Å². The van der Waals surface area contributed by atoms with E-state index in [-0.39, 0.29) is 0 Å². The Kier molecular flexibility index (Phi) is 5.02. The second kappa shape index (κ2) is 7.17. The molecule has 0 bridgehead atoms. The highest BCUT2D eigenvalue weighted by Crippen LogP contribution is 2.27. The zero-order chi connectivity index (χ0) is 15.1.